The molecular formula is C21H18N2OS. The number of fused-ring (bicyclic) bond motifs is 3. The Kier molecular flexibility index (Phi) is 3.90. The Hall–Kier alpha value is -2.85. The Balaban J connectivity index is 1.59. The van der Waals surface area contributed by atoms with Crippen LogP contribution in [0.5, 0.6) is 0 Å². The zero-order chi connectivity index (χ0) is 17.4. The lowest BCUT2D eigenvalue weighted by Crippen LogP contribution is -2.19. The van der Waals surface area contributed by atoms with Gasteiger partial charge in [0, 0.05) is 22.1 Å². The van der Waals surface area contributed by atoms with Crippen molar-refractivity contribution in [1.82, 2.24) is 0 Å². The summed E-state index contributed by atoms with van der Waals surface area (Å²) in [5.41, 5.74) is 6.10. The first kappa shape index (κ1) is 15.7. The van der Waals surface area contributed by atoms with Gasteiger partial charge in [-0.25, -0.2) is 0 Å². The summed E-state index contributed by atoms with van der Waals surface area (Å²) in [7, 11) is 0. The molecule has 3 aromatic carbocycles. The van der Waals surface area contributed by atoms with Crippen LogP contribution in [0.1, 0.15) is 11.1 Å². The van der Waals surface area contributed by atoms with E-state index in [4.69, 9.17) is 16.6 Å². The molecule has 0 aliphatic rings. The van der Waals surface area contributed by atoms with Crippen molar-refractivity contribution < 1.29 is 4.42 Å². The number of para-hydroxylation sites is 1. The fourth-order valence-corrected chi connectivity index (χ4v) is 3.38. The van der Waals surface area contributed by atoms with Crippen LogP contribution >= 0.6 is 12.2 Å². The summed E-state index contributed by atoms with van der Waals surface area (Å²) in [6.45, 7) is 4.15. The molecule has 0 amide bonds. The molecule has 1 aromatic heterocycles. The molecule has 4 heteroatoms. The topological polar surface area (TPSA) is 37.2 Å². The summed E-state index contributed by atoms with van der Waals surface area (Å²) in [6, 6.07) is 20.3. The molecule has 124 valence electrons. The van der Waals surface area contributed by atoms with Gasteiger partial charge in [0.2, 0.25) is 0 Å². The molecule has 0 atom stereocenters. The second-order valence-electron chi connectivity index (χ2n) is 6.26. The molecule has 0 unspecified atom stereocenters. The van der Waals surface area contributed by atoms with Crippen molar-refractivity contribution in [3.05, 3.63) is 71.8 Å². The number of anilines is 2. The molecule has 4 rings (SSSR count). The van der Waals surface area contributed by atoms with Crippen LogP contribution in [0, 0.1) is 13.8 Å². The highest BCUT2D eigenvalue weighted by Gasteiger charge is 2.08. The highest BCUT2D eigenvalue weighted by Crippen LogP contribution is 2.30. The fourth-order valence-electron chi connectivity index (χ4n) is 3.14. The SMILES string of the molecule is Cc1cc(C)cc(NC(=S)Nc2ccc3oc4ccccc4c3c2)c1. The number of thiocarbonyl (C=S) groups is 1. The van der Waals surface area contributed by atoms with Gasteiger partial charge in [0.05, 0.1) is 0 Å². The molecule has 0 radical (unpaired) electrons. The van der Waals surface area contributed by atoms with Crippen molar-refractivity contribution in [2.45, 2.75) is 13.8 Å². The second-order valence-corrected chi connectivity index (χ2v) is 6.67. The van der Waals surface area contributed by atoms with Gasteiger partial charge in [-0.15, -0.1) is 0 Å². The molecule has 3 nitrogen and oxygen atoms in total. The molecule has 4 aromatic rings. The van der Waals surface area contributed by atoms with Crippen molar-refractivity contribution in [3.8, 4) is 0 Å². The van der Waals surface area contributed by atoms with Gasteiger partial charge in [-0.05, 0) is 73.6 Å². The van der Waals surface area contributed by atoms with Crippen molar-refractivity contribution in [2.24, 2.45) is 0 Å². The maximum atomic E-state index is 5.86. The molecule has 0 saturated heterocycles. The third-order valence-electron chi connectivity index (χ3n) is 4.11. The Morgan fingerprint density at radius 2 is 1.44 bits per heavy atom. The summed E-state index contributed by atoms with van der Waals surface area (Å²) < 4.78 is 5.86. The maximum Gasteiger partial charge on any atom is 0.175 e. The van der Waals surface area contributed by atoms with E-state index in [0.717, 1.165) is 33.3 Å². The van der Waals surface area contributed by atoms with Crippen LogP contribution in [-0.2, 0) is 0 Å². The smallest absolute Gasteiger partial charge is 0.175 e. The summed E-state index contributed by atoms with van der Waals surface area (Å²) in [5, 5.41) is 9.25. The van der Waals surface area contributed by atoms with Crippen molar-refractivity contribution >= 4 is 50.6 Å². The number of rotatable bonds is 2. The van der Waals surface area contributed by atoms with Crippen LogP contribution in [0.25, 0.3) is 21.9 Å². The summed E-state index contributed by atoms with van der Waals surface area (Å²) in [4.78, 5) is 0. The highest BCUT2D eigenvalue weighted by molar-refractivity contribution is 7.80. The zero-order valence-electron chi connectivity index (χ0n) is 14.1. The minimum Gasteiger partial charge on any atom is -0.456 e. The quantitative estimate of drug-likeness (QED) is 0.436. The van der Waals surface area contributed by atoms with E-state index in [2.05, 4.69) is 54.8 Å². The van der Waals surface area contributed by atoms with Crippen LogP contribution in [-0.4, -0.2) is 5.11 Å². The van der Waals surface area contributed by atoms with Gasteiger partial charge in [0.1, 0.15) is 11.2 Å². The molecule has 0 aliphatic heterocycles. The van der Waals surface area contributed by atoms with Crippen molar-refractivity contribution in [3.63, 3.8) is 0 Å². The average molecular weight is 346 g/mol. The predicted octanol–water partition coefficient (Wildman–Crippen LogP) is 6.01. The highest BCUT2D eigenvalue weighted by atomic mass is 32.1. The van der Waals surface area contributed by atoms with Gasteiger partial charge in [-0.1, -0.05) is 24.3 Å². The van der Waals surface area contributed by atoms with E-state index in [0.29, 0.717) is 5.11 Å². The monoisotopic (exact) mass is 346 g/mol. The number of furan rings is 1. The van der Waals surface area contributed by atoms with Crippen molar-refractivity contribution in [1.29, 1.82) is 0 Å². The Labute approximate surface area is 151 Å². The molecule has 0 aliphatic carbocycles. The lowest BCUT2D eigenvalue weighted by molar-refractivity contribution is 0.669. The Morgan fingerprint density at radius 3 is 2.24 bits per heavy atom. The van der Waals surface area contributed by atoms with Crippen molar-refractivity contribution in [2.75, 3.05) is 10.6 Å². The van der Waals surface area contributed by atoms with Crippen LogP contribution in [0.15, 0.2) is 65.1 Å². The molecule has 2 N–H and O–H groups in total. The first-order valence-corrected chi connectivity index (χ1v) is 8.57. The molecular weight excluding hydrogens is 328 g/mol. The summed E-state index contributed by atoms with van der Waals surface area (Å²) >= 11 is 5.46. The first-order chi connectivity index (χ1) is 12.1. The van der Waals surface area contributed by atoms with Gasteiger partial charge >= 0.3 is 0 Å². The fraction of sp³-hybridized carbons (Fsp3) is 0.0952. The minimum atomic E-state index is 0.567. The number of hydrogen-bond donors (Lipinski definition) is 2. The zero-order valence-corrected chi connectivity index (χ0v) is 14.9. The standard InChI is InChI=1S/C21H18N2OS/c1-13-9-14(2)11-16(10-13)23-21(25)22-15-7-8-20-18(12-15)17-5-3-4-6-19(17)24-20/h3-12H,1-2H3,(H2,22,23,25). The summed E-state index contributed by atoms with van der Waals surface area (Å²) in [6.07, 6.45) is 0. The third kappa shape index (κ3) is 3.21. The Bertz CT molecular complexity index is 1080. The van der Waals surface area contributed by atoms with E-state index in [1.165, 1.54) is 11.1 Å². The minimum absolute atomic E-state index is 0.567. The van der Waals surface area contributed by atoms with E-state index in [9.17, 15) is 0 Å². The van der Waals surface area contributed by atoms with E-state index in [1.807, 2.05) is 30.3 Å². The number of nitrogens with one attached hydrogen (secondary N) is 2. The second kappa shape index (κ2) is 6.22. The van der Waals surface area contributed by atoms with Gasteiger partial charge in [-0.2, -0.15) is 0 Å². The van der Waals surface area contributed by atoms with Gasteiger partial charge < -0.3 is 15.1 Å². The average Bonchev–Trinajstić information content (AvgIpc) is 2.92. The Morgan fingerprint density at radius 1 is 0.760 bits per heavy atom. The number of aryl methyl sites for hydroxylation is 2. The molecule has 0 bridgehead atoms. The van der Waals surface area contributed by atoms with E-state index < -0.39 is 0 Å². The van der Waals surface area contributed by atoms with Crippen LogP contribution in [0.3, 0.4) is 0 Å². The van der Waals surface area contributed by atoms with Crippen LogP contribution in [0.4, 0.5) is 11.4 Å². The molecule has 0 fully saturated rings. The third-order valence-corrected chi connectivity index (χ3v) is 4.32. The van der Waals surface area contributed by atoms with E-state index >= 15 is 0 Å². The predicted molar refractivity (Wildman–Crippen MR) is 109 cm³/mol. The maximum absolute atomic E-state index is 5.86. The molecule has 0 saturated carbocycles. The summed E-state index contributed by atoms with van der Waals surface area (Å²) in [5.74, 6) is 0. The van der Waals surface area contributed by atoms with E-state index in [1.54, 1.807) is 0 Å². The molecule has 0 spiro atoms. The first-order valence-electron chi connectivity index (χ1n) is 8.16. The lowest BCUT2D eigenvalue weighted by atomic mass is 10.1. The molecule has 25 heavy (non-hydrogen) atoms. The number of hydrogen-bond acceptors (Lipinski definition) is 2. The lowest BCUT2D eigenvalue weighted by Gasteiger charge is -2.12. The van der Waals surface area contributed by atoms with Gasteiger partial charge in [0.25, 0.3) is 0 Å². The van der Waals surface area contributed by atoms with Crippen LogP contribution < -0.4 is 10.6 Å². The van der Waals surface area contributed by atoms with Gasteiger partial charge in [-0.3, -0.25) is 0 Å². The number of benzene rings is 3. The normalized spacial score (nSPS) is 11.0. The van der Waals surface area contributed by atoms with E-state index in [-0.39, 0.29) is 0 Å². The molecule has 1 heterocycles. The van der Waals surface area contributed by atoms with Crippen LogP contribution in [0.2, 0.25) is 0 Å². The largest absolute Gasteiger partial charge is 0.456 e. The van der Waals surface area contributed by atoms with Gasteiger partial charge in [0.15, 0.2) is 5.11 Å².